The highest BCUT2D eigenvalue weighted by molar-refractivity contribution is 5.90. The van der Waals surface area contributed by atoms with Crippen molar-refractivity contribution in [1.82, 2.24) is 20.1 Å². The van der Waals surface area contributed by atoms with Gasteiger partial charge in [0.25, 0.3) is 0 Å². The number of benzene rings is 2. The van der Waals surface area contributed by atoms with E-state index in [2.05, 4.69) is 35.1 Å². The van der Waals surface area contributed by atoms with Gasteiger partial charge in [-0.1, -0.05) is 35.2 Å². The summed E-state index contributed by atoms with van der Waals surface area (Å²) in [5, 5.41) is 8.39. The van der Waals surface area contributed by atoms with Crippen LogP contribution in [0.4, 0.5) is 0 Å². The minimum atomic E-state index is -0.446. The van der Waals surface area contributed by atoms with Crippen molar-refractivity contribution in [1.29, 1.82) is 0 Å². The molecule has 0 N–H and O–H groups in total. The van der Waals surface area contributed by atoms with Crippen molar-refractivity contribution in [2.75, 3.05) is 13.1 Å². The van der Waals surface area contributed by atoms with Crippen LogP contribution in [-0.2, 0) is 0 Å². The highest BCUT2D eigenvalue weighted by Crippen LogP contribution is 2.32. The maximum atomic E-state index is 12.3. The molecule has 27 heavy (non-hydrogen) atoms. The quantitative estimate of drug-likeness (QED) is 0.665. The lowest BCUT2D eigenvalue weighted by Gasteiger charge is -2.34. The number of hydrogen-bond donors (Lipinski definition) is 0. The molecule has 1 aliphatic rings. The van der Waals surface area contributed by atoms with Gasteiger partial charge in [-0.2, -0.15) is 0 Å². The van der Waals surface area contributed by atoms with Gasteiger partial charge in [0.15, 0.2) is 0 Å². The lowest BCUT2D eigenvalue weighted by molar-refractivity contribution is 0.0409. The minimum absolute atomic E-state index is 0.446. The Morgan fingerprint density at radius 1 is 1.07 bits per heavy atom. The summed E-state index contributed by atoms with van der Waals surface area (Å²) in [6.07, 6.45) is 2.21. The predicted molar refractivity (Wildman–Crippen MR) is 104 cm³/mol. The summed E-state index contributed by atoms with van der Waals surface area (Å²) in [5.74, 6) is 0.0109. The number of nitrogens with zero attached hydrogens (tertiary/aromatic N) is 4. The third-order valence-corrected chi connectivity index (χ3v) is 5.36. The van der Waals surface area contributed by atoms with E-state index in [9.17, 15) is 4.79 Å². The number of hydrogen-bond acceptors (Lipinski definition) is 5. The lowest BCUT2D eigenvalue weighted by atomic mass is 9.88. The fourth-order valence-electron chi connectivity index (χ4n) is 3.77. The van der Waals surface area contributed by atoms with Crippen LogP contribution in [0.3, 0.4) is 0 Å². The normalized spacial score (nSPS) is 16.1. The molecular weight excluding hydrogens is 340 g/mol. The Balaban J connectivity index is 1.56. The Labute approximate surface area is 158 Å². The fraction of sp³-hybridized carbons (Fsp3) is 0.381. The predicted octanol–water partition coefficient (Wildman–Crippen LogP) is 3.29. The summed E-state index contributed by atoms with van der Waals surface area (Å²) in [5.41, 5.74) is 3.22. The Bertz CT molecular complexity index is 928. The van der Waals surface area contributed by atoms with E-state index in [1.165, 1.54) is 10.4 Å². The summed E-state index contributed by atoms with van der Waals surface area (Å²) in [4.78, 5) is 21.5. The largest absolute Gasteiger partial charge is 0.365 e. The van der Waals surface area contributed by atoms with Gasteiger partial charge in [-0.25, -0.2) is 4.79 Å². The lowest BCUT2D eigenvalue weighted by Crippen LogP contribution is -2.37. The van der Waals surface area contributed by atoms with Gasteiger partial charge in [0.1, 0.15) is 11.0 Å². The van der Waals surface area contributed by atoms with Gasteiger partial charge in [-0.15, -0.1) is 5.10 Å². The van der Waals surface area contributed by atoms with Gasteiger partial charge in [0.05, 0.1) is 5.56 Å². The highest BCUT2D eigenvalue weighted by atomic mass is 16.7. The van der Waals surface area contributed by atoms with E-state index < -0.39 is 5.97 Å². The van der Waals surface area contributed by atoms with Crippen LogP contribution in [0.1, 0.15) is 48.5 Å². The standard InChI is InChI=1S/C21H24N4O2/c1-15(2)24-13-11-16(12-14-24)18-9-6-10-19-20(18)22-23-25(19)27-21(26)17-7-4-3-5-8-17/h3-10,15-16H,11-14H2,1-2H3. The summed E-state index contributed by atoms with van der Waals surface area (Å²) < 4.78 is 0. The summed E-state index contributed by atoms with van der Waals surface area (Å²) in [6.45, 7) is 6.67. The van der Waals surface area contributed by atoms with Crippen molar-refractivity contribution in [2.45, 2.75) is 38.6 Å². The van der Waals surface area contributed by atoms with Gasteiger partial charge in [-0.05, 0) is 74.7 Å². The molecule has 140 valence electrons. The Hall–Kier alpha value is -2.73. The first-order valence-electron chi connectivity index (χ1n) is 9.49. The first-order valence-corrected chi connectivity index (χ1v) is 9.49. The molecule has 6 nitrogen and oxygen atoms in total. The molecule has 1 saturated heterocycles. The Kier molecular flexibility index (Phi) is 4.90. The number of likely N-dealkylation sites (tertiary alicyclic amines) is 1. The van der Waals surface area contributed by atoms with Crippen molar-refractivity contribution in [3.63, 3.8) is 0 Å². The van der Waals surface area contributed by atoms with Crippen LogP contribution in [0.5, 0.6) is 0 Å². The molecule has 0 atom stereocenters. The number of carbonyl (C=O) groups is 1. The molecule has 1 aliphatic heterocycles. The zero-order chi connectivity index (χ0) is 18.8. The molecule has 0 bridgehead atoms. The molecule has 1 aromatic heterocycles. The molecule has 3 aromatic rings. The Morgan fingerprint density at radius 2 is 1.81 bits per heavy atom. The van der Waals surface area contributed by atoms with Crippen LogP contribution in [0.25, 0.3) is 11.0 Å². The van der Waals surface area contributed by atoms with E-state index in [4.69, 9.17) is 4.84 Å². The molecular formula is C21H24N4O2. The minimum Gasteiger partial charge on any atom is -0.312 e. The molecule has 0 spiro atoms. The van der Waals surface area contributed by atoms with Crippen LogP contribution in [0, 0.1) is 0 Å². The molecule has 0 amide bonds. The fourth-order valence-corrected chi connectivity index (χ4v) is 3.77. The van der Waals surface area contributed by atoms with E-state index in [0.29, 0.717) is 17.5 Å². The molecule has 2 heterocycles. The van der Waals surface area contributed by atoms with Gasteiger partial charge in [0.2, 0.25) is 0 Å². The van der Waals surface area contributed by atoms with Crippen molar-refractivity contribution in [3.8, 4) is 0 Å². The van der Waals surface area contributed by atoms with Crippen molar-refractivity contribution < 1.29 is 9.63 Å². The van der Waals surface area contributed by atoms with E-state index in [1.54, 1.807) is 24.3 Å². The number of rotatable bonds is 4. The van der Waals surface area contributed by atoms with E-state index in [0.717, 1.165) is 37.0 Å². The summed E-state index contributed by atoms with van der Waals surface area (Å²) in [6, 6.07) is 15.5. The molecule has 4 rings (SSSR count). The van der Waals surface area contributed by atoms with Crippen molar-refractivity contribution in [3.05, 3.63) is 59.7 Å². The zero-order valence-electron chi connectivity index (χ0n) is 15.7. The monoisotopic (exact) mass is 364 g/mol. The van der Waals surface area contributed by atoms with E-state index in [-0.39, 0.29) is 0 Å². The van der Waals surface area contributed by atoms with E-state index >= 15 is 0 Å². The second-order valence-electron chi connectivity index (χ2n) is 7.33. The topological polar surface area (TPSA) is 60.3 Å². The van der Waals surface area contributed by atoms with Gasteiger partial charge in [-0.3, -0.25) is 0 Å². The van der Waals surface area contributed by atoms with E-state index in [1.807, 2.05) is 18.2 Å². The van der Waals surface area contributed by atoms with Crippen LogP contribution >= 0.6 is 0 Å². The number of piperidine rings is 1. The number of carbonyl (C=O) groups excluding carboxylic acids is 1. The molecule has 0 saturated carbocycles. The first-order chi connectivity index (χ1) is 13.1. The average Bonchev–Trinajstić information content (AvgIpc) is 3.11. The first kappa shape index (κ1) is 17.7. The van der Waals surface area contributed by atoms with Gasteiger partial charge in [0, 0.05) is 6.04 Å². The number of aromatic nitrogens is 3. The second-order valence-corrected chi connectivity index (χ2v) is 7.33. The third kappa shape index (κ3) is 3.57. The van der Waals surface area contributed by atoms with Gasteiger partial charge < -0.3 is 9.74 Å². The zero-order valence-corrected chi connectivity index (χ0v) is 15.7. The van der Waals surface area contributed by atoms with Crippen LogP contribution in [0.2, 0.25) is 0 Å². The maximum absolute atomic E-state index is 12.3. The molecule has 0 radical (unpaired) electrons. The SMILES string of the molecule is CC(C)N1CCC(c2cccc3c2nnn3OC(=O)c2ccccc2)CC1. The molecule has 6 heteroatoms. The third-order valence-electron chi connectivity index (χ3n) is 5.36. The van der Waals surface area contributed by atoms with Gasteiger partial charge >= 0.3 is 5.97 Å². The molecule has 2 aromatic carbocycles. The molecule has 1 fully saturated rings. The van der Waals surface area contributed by atoms with Crippen LogP contribution in [0.15, 0.2) is 48.5 Å². The second kappa shape index (κ2) is 7.48. The smallest absolute Gasteiger partial charge is 0.312 e. The maximum Gasteiger partial charge on any atom is 0.365 e. The van der Waals surface area contributed by atoms with Crippen LogP contribution in [-0.4, -0.2) is 45.2 Å². The summed E-state index contributed by atoms with van der Waals surface area (Å²) >= 11 is 0. The average molecular weight is 364 g/mol. The Morgan fingerprint density at radius 3 is 2.52 bits per heavy atom. The summed E-state index contributed by atoms with van der Waals surface area (Å²) in [7, 11) is 0. The molecule has 0 unspecified atom stereocenters. The van der Waals surface area contributed by atoms with Crippen molar-refractivity contribution >= 4 is 17.0 Å². The number of fused-ring (bicyclic) bond motifs is 1. The van der Waals surface area contributed by atoms with Crippen LogP contribution < -0.4 is 4.84 Å². The molecule has 0 aliphatic carbocycles. The van der Waals surface area contributed by atoms with Crippen molar-refractivity contribution in [2.24, 2.45) is 0 Å². The highest BCUT2D eigenvalue weighted by Gasteiger charge is 2.25.